The third-order valence-electron chi connectivity index (χ3n) is 5.30. The van der Waals surface area contributed by atoms with Crippen LogP contribution in [0.3, 0.4) is 0 Å². The first kappa shape index (κ1) is 22.2. The van der Waals surface area contributed by atoms with Crippen molar-refractivity contribution in [2.45, 2.75) is 18.2 Å². The highest BCUT2D eigenvalue weighted by atomic mass is 32.2. The van der Waals surface area contributed by atoms with Gasteiger partial charge in [-0.25, -0.2) is 12.4 Å². The fraction of sp³-hybridized carbons (Fsp3) is 0.0800. The van der Waals surface area contributed by atoms with E-state index < -0.39 is 14.9 Å². The monoisotopic (exact) mass is 460 g/mol. The van der Waals surface area contributed by atoms with E-state index in [-0.39, 0.29) is 34.0 Å². The molecule has 0 N–H and O–H groups in total. The standard InChI is InChI=1S/C25H20N2O5S/c1-2-24(28)25-20-13-7-9-15-22(20)26(33(31,32)19-11-4-3-5-12-19)23(25)17-16-18-10-6-8-14-21(18)27(29)30/h3-17H,2H2,1H3/b17-16+. The average Bonchev–Trinajstić information content (AvgIpc) is 3.17. The maximum absolute atomic E-state index is 13.7. The maximum Gasteiger partial charge on any atom is 0.276 e. The van der Waals surface area contributed by atoms with Crippen LogP contribution in [-0.2, 0) is 10.0 Å². The minimum atomic E-state index is -4.07. The molecule has 33 heavy (non-hydrogen) atoms. The number of para-hydroxylation sites is 2. The molecule has 1 aromatic heterocycles. The molecule has 0 fully saturated rings. The molecular weight excluding hydrogens is 440 g/mol. The highest BCUT2D eigenvalue weighted by Gasteiger charge is 2.28. The number of hydrogen-bond donors (Lipinski definition) is 0. The average molecular weight is 461 g/mol. The second kappa shape index (κ2) is 8.84. The van der Waals surface area contributed by atoms with Crippen molar-refractivity contribution < 1.29 is 18.1 Å². The number of hydrogen-bond acceptors (Lipinski definition) is 5. The van der Waals surface area contributed by atoms with Gasteiger partial charge in [-0.1, -0.05) is 55.5 Å². The van der Waals surface area contributed by atoms with Gasteiger partial charge in [0, 0.05) is 17.9 Å². The smallest absolute Gasteiger partial charge is 0.276 e. The summed E-state index contributed by atoms with van der Waals surface area (Å²) in [6.07, 6.45) is 3.10. The van der Waals surface area contributed by atoms with E-state index >= 15 is 0 Å². The topological polar surface area (TPSA) is 99.3 Å². The molecule has 8 heteroatoms. The third-order valence-corrected chi connectivity index (χ3v) is 7.04. The van der Waals surface area contributed by atoms with Gasteiger partial charge >= 0.3 is 0 Å². The molecule has 166 valence electrons. The van der Waals surface area contributed by atoms with Crippen LogP contribution in [0.15, 0.2) is 83.8 Å². The number of carbonyl (C=O) groups is 1. The molecule has 0 aliphatic carbocycles. The number of carbonyl (C=O) groups excluding carboxylic acids is 1. The van der Waals surface area contributed by atoms with E-state index in [0.29, 0.717) is 16.5 Å². The number of nitro groups is 1. The largest absolute Gasteiger partial charge is 0.294 e. The number of rotatable bonds is 7. The van der Waals surface area contributed by atoms with E-state index in [1.54, 1.807) is 67.6 Å². The van der Waals surface area contributed by atoms with Gasteiger partial charge in [0.25, 0.3) is 15.7 Å². The van der Waals surface area contributed by atoms with E-state index in [0.717, 1.165) is 3.97 Å². The Kier molecular flexibility index (Phi) is 5.93. The van der Waals surface area contributed by atoms with Gasteiger partial charge in [0.2, 0.25) is 0 Å². The summed E-state index contributed by atoms with van der Waals surface area (Å²) < 4.78 is 28.5. The molecule has 0 bridgehead atoms. The highest BCUT2D eigenvalue weighted by Crippen LogP contribution is 2.33. The Labute approximate surface area is 190 Å². The zero-order valence-electron chi connectivity index (χ0n) is 17.7. The number of ketones is 1. The number of nitro benzene ring substituents is 1. The minimum absolute atomic E-state index is 0.0709. The normalized spacial score (nSPS) is 11.8. The summed E-state index contributed by atoms with van der Waals surface area (Å²) >= 11 is 0. The van der Waals surface area contributed by atoms with Gasteiger partial charge in [-0.3, -0.25) is 14.9 Å². The van der Waals surface area contributed by atoms with Gasteiger partial charge in [0.05, 0.1) is 32.2 Å². The summed E-state index contributed by atoms with van der Waals surface area (Å²) in [4.78, 5) is 23.9. The molecule has 0 spiro atoms. The fourth-order valence-electron chi connectivity index (χ4n) is 3.77. The van der Waals surface area contributed by atoms with Crippen molar-refractivity contribution >= 4 is 44.5 Å². The van der Waals surface area contributed by atoms with Gasteiger partial charge < -0.3 is 0 Å². The third kappa shape index (κ3) is 3.96. The molecule has 7 nitrogen and oxygen atoms in total. The van der Waals surface area contributed by atoms with Crippen LogP contribution in [0.2, 0.25) is 0 Å². The summed E-state index contributed by atoms with van der Waals surface area (Å²) in [5, 5.41) is 11.9. The molecular formula is C25H20N2O5S. The first-order valence-electron chi connectivity index (χ1n) is 10.2. The first-order valence-corrected chi connectivity index (χ1v) is 11.7. The molecule has 4 aromatic rings. The van der Waals surface area contributed by atoms with E-state index in [4.69, 9.17) is 0 Å². The molecule has 0 atom stereocenters. The molecule has 0 saturated carbocycles. The SMILES string of the molecule is CCC(=O)c1c(/C=C/c2ccccc2[N+](=O)[O-])n(S(=O)(=O)c2ccccc2)c2ccccc12. The molecule has 0 saturated heterocycles. The summed E-state index contributed by atoms with van der Waals surface area (Å²) in [5.74, 6) is -0.226. The van der Waals surface area contributed by atoms with Crippen LogP contribution in [0.1, 0.15) is 35.0 Å². The molecule has 0 amide bonds. The second-order valence-corrected chi connectivity index (χ2v) is 9.07. The Morgan fingerprint density at radius 2 is 1.58 bits per heavy atom. The van der Waals surface area contributed by atoms with E-state index in [1.165, 1.54) is 30.4 Å². The Morgan fingerprint density at radius 3 is 2.27 bits per heavy atom. The van der Waals surface area contributed by atoms with Crippen molar-refractivity contribution in [2.24, 2.45) is 0 Å². The Morgan fingerprint density at radius 1 is 0.939 bits per heavy atom. The van der Waals surface area contributed by atoms with Gasteiger partial charge in [-0.05, 0) is 36.4 Å². The Balaban J connectivity index is 2.06. The Bertz CT molecular complexity index is 1500. The van der Waals surface area contributed by atoms with Crippen LogP contribution in [0, 0.1) is 10.1 Å². The number of nitrogens with zero attached hydrogens (tertiary/aromatic N) is 2. The first-order chi connectivity index (χ1) is 15.9. The summed E-state index contributed by atoms with van der Waals surface area (Å²) in [7, 11) is -4.07. The molecule has 0 radical (unpaired) electrons. The van der Waals surface area contributed by atoms with Gasteiger partial charge in [-0.15, -0.1) is 0 Å². The van der Waals surface area contributed by atoms with Gasteiger partial charge in [0.1, 0.15) is 0 Å². The van der Waals surface area contributed by atoms with Crippen LogP contribution in [0.4, 0.5) is 5.69 Å². The summed E-state index contributed by atoms with van der Waals surface area (Å²) in [6, 6.07) is 20.9. The van der Waals surface area contributed by atoms with E-state index in [1.807, 2.05) is 0 Å². The van der Waals surface area contributed by atoms with Crippen molar-refractivity contribution in [3.8, 4) is 0 Å². The van der Waals surface area contributed by atoms with Gasteiger partial charge in [-0.2, -0.15) is 0 Å². The predicted molar refractivity (Wildman–Crippen MR) is 128 cm³/mol. The maximum atomic E-state index is 13.7. The lowest BCUT2D eigenvalue weighted by molar-refractivity contribution is -0.385. The molecule has 0 aliphatic rings. The van der Waals surface area contributed by atoms with E-state index in [2.05, 4.69) is 0 Å². The number of fused-ring (bicyclic) bond motifs is 1. The zero-order valence-corrected chi connectivity index (χ0v) is 18.5. The van der Waals surface area contributed by atoms with Crippen LogP contribution >= 0.6 is 0 Å². The van der Waals surface area contributed by atoms with Crippen molar-refractivity contribution in [1.82, 2.24) is 3.97 Å². The van der Waals surface area contributed by atoms with Crippen LogP contribution in [0.25, 0.3) is 23.1 Å². The lowest BCUT2D eigenvalue weighted by Gasteiger charge is -2.11. The highest BCUT2D eigenvalue weighted by molar-refractivity contribution is 7.90. The predicted octanol–water partition coefficient (Wildman–Crippen LogP) is 5.55. The lowest BCUT2D eigenvalue weighted by Crippen LogP contribution is -2.15. The Hall–Kier alpha value is -4.04. The zero-order chi connectivity index (χ0) is 23.6. The molecule has 4 rings (SSSR count). The van der Waals surface area contributed by atoms with Crippen molar-refractivity contribution in [1.29, 1.82) is 0 Å². The van der Waals surface area contributed by atoms with Crippen LogP contribution in [-0.4, -0.2) is 23.1 Å². The van der Waals surface area contributed by atoms with Crippen molar-refractivity contribution in [3.63, 3.8) is 0 Å². The van der Waals surface area contributed by atoms with Crippen molar-refractivity contribution in [2.75, 3.05) is 0 Å². The lowest BCUT2D eigenvalue weighted by atomic mass is 10.0. The number of benzene rings is 3. The number of aromatic nitrogens is 1. The number of Topliss-reactive ketones (excluding diaryl/α,β-unsaturated/α-hetero) is 1. The van der Waals surface area contributed by atoms with Gasteiger partial charge in [0.15, 0.2) is 5.78 Å². The fourth-order valence-corrected chi connectivity index (χ4v) is 5.31. The van der Waals surface area contributed by atoms with Crippen LogP contribution < -0.4 is 0 Å². The molecule has 3 aromatic carbocycles. The van der Waals surface area contributed by atoms with E-state index in [9.17, 15) is 23.3 Å². The van der Waals surface area contributed by atoms with Crippen LogP contribution in [0.5, 0.6) is 0 Å². The second-order valence-electron chi connectivity index (χ2n) is 7.29. The summed E-state index contributed by atoms with van der Waals surface area (Å²) in [5.41, 5.74) is 0.963. The molecule has 1 heterocycles. The quantitative estimate of drug-likeness (QED) is 0.205. The molecule has 0 aliphatic heterocycles. The molecule has 0 unspecified atom stereocenters. The summed E-state index contributed by atoms with van der Waals surface area (Å²) in [6.45, 7) is 1.70. The minimum Gasteiger partial charge on any atom is -0.294 e. The van der Waals surface area contributed by atoms with Crippen molar-refractivity contribution in [3.05, 3.63) is 106 Å².